The molecular formula is C20H19N3OS. The highest BCUT2D eigenvalue weighted by Crippen LogP contribution is 2.28. The molecule has 5 heteroatoms. The zero-order chi connectivity index (χ0) is 17.6. The molecule has 0 aliphatic rings. The summed E-state index contributed by atoms with van der Waals surface area (Å²) in [5, 5.41) is 2.03. The molecule has 0 spiro atoms. The molecule has 1 N–H and O–H groups in total. The van der Waals surface area contributed by atoms with Crippen LogP contribution < -0.4 is 5.56 Å². The molecule has 0 aliphatic carbocycles. The molecule has 0 amide bonds. The van der Waals surface area contributed by atoms with Crippen molar-refractivity contribution in [3.8, 4) is 5.69 Å². The summed E-state index contributed by atoms with van der Waals surface area (Å²) in [7, 11) is 0. The molecular weight excluding hydrogens is 330 g/mol. The number of aromatic amines is 1. The molecule has 25 heavy (non-hydrogen) atoms. The Hall–Kier alpha value is -2.53. The number of aromatic nitrogens is 3. The van der Waals surface area contributed by atoms with Gasteiger partial charge in [-0.2, -0.15) is 0 Å². The van der Waals surface area contributed by atoms with Crippen LogP contribution in [0.4, 0.5) is 0 Å². The van der Waals surface area contributed by atoms with Crippen LogP contribution in [-0.4, -0.2) is 19.8 Å². The minimum absolute atomic E-state index is 0.0618. The van der Waals surface area contributed by atoms with Crippen LogP contribution in [0.5, 0.6) is 0 Å². The third-order valence-corrected chi connectivity index (χ3v) is 5.08. The number of rotatable bonds is 3. The number of aryl methyl sites for hydroxylation is 1. The van der Waals surface area contributed by atoms with Crippen LogP contribution in [0.2, 0.25) is 0 Å². The van der Waals surface area contributed by atoms with E-state index in [0.29, 0.717) is 10.8 Å². The fourth-order valence-electron chi connectivity index (χ4n) is 2.95. The van der Waals surface area contributed by atoms with Crippen molar-refractivity contribution >= 4 is 33.7 Å². The van der Waals surface area contributed by atoms with Gasteiger partial charge in [-0.3, -0.25) is 9.36 Å². The SMILES string of the molecule is Cc1ccc(-n2c(SC(C)C)nc3c([nH]c4ccccc43)c2=O)cc1. The Morgan fingerprint density at radius 2 is 1.80 bits per heavy atom. The van der Waals surface area contributed by atoms with Gasteiger partial charge in [0.15, 0.2) is 5.16 Å². The number of benzene rings is 2. The van der Waals surface area contributed by atoms with E-state index in [-0.39, 0.29) is 5.56 Å². The predicted molar refractivity (Wildman–Crippen MR) is 105 cm³/mol. The normalized spacial score (nSPS) is 11.7. The molecule has 0 fully saturated rings. The van der Waals surface area contributed by atoms with Crippen molar-refractivity contribution in [1.82, 2.24) is 14.5 Å². The Kier molecular flexibility index (Phi) is 3.88. The van der Waals surface area contributed by atoms with Crippen molar-refractivity contribution in [2.24, 2.45) is 0 Å². The molecule has 2 heterocycles. The van der Waals surface area contributed by atoms with E-state index in [1.165, 1.54) is 0 Å². The molecule has 0 bridgehead atoms. The summed E-state index contributed by atoms with van der Waals surface area (Å²) >= 11 is 1.60. The fourth-order valence-corrected chi connectivity index (χ4v) is 3.81. The summed E-state index contributed by atoms with van der Waals surface area (Å²) in [5.74, 6) is 0. The minimum Gasteiger partial charge on any atom is -0.349 e. The van der Waals surface area contributed by atoms with Gasteiger partial charge in [0.1, 0.15) is 11.0 Å². The van der Waals surface area contributed by atoms with Crippen LogP contribution in [0.15, 0.2) is 58.5 Å². The number of para-hydroxylation sites is 1. The topological polar surface area (TPSA) is 50.7 Å². The highest BCUT2D eigenvalue weighted by molar-refractivity contribution is 7.99. The van der Waals surface area contributed by atoms with Gasteiger partial charge in [-0.25, -0.2) is 4.98 Å². The number of H-pyrrole nitrogens is 1. The Morgan fingerprint density at radius 3 is 2.52 bits per heavy atom. The molecule has 126 valence electrons. The maximum absolute atomic E-state index is 13.3. The molecule has 0 saturated carbocycles. The lowest BCUT2D eigenvalue weighted by Crippen LogP contribution is -2.22. The predicted octanol–water partition coefficient (Wildman–Crippen LogP) is 4.68. The van der Waals surface area contributed by atoms with E-state index in [4.69, 9.17) is 4.98 Å². The van der Waals surface area contributed by atoms with E-state index in [0.717, 1.165) is 32.8 Å². The standard InChI is InChI=1S/C20H19N3OS/c1-12(2)25-20-22-17-15-6-4-5-7-16(15)21-18(17)19(24)23(20)14-10-8-13(3)9-11-14/h4-12,21H,1-3H3. The van der Waals surface area contributed by atoms with Gasteiger partial charge in [0, 0.05) is 16.2 Å². The van der Waals surface area contributed by atoms with Crippen LogP contribution in [0.3, 0.4) is 0 Å². The molecule has 4 nitrogen and oxygen atoms in total. The van der Waals surface area contributed by atoms with E-state index in [1.54, 1.807) is 16.3 Å². The smallest absolute Gasteiger partial charge is 0.283 e. The van der Waals surface area contributed by atoms with Crippen molar-refractivity contribution < 1.29 is 0 Å². The van der Waals surface area contributed by atoms with Crippen LogP contribution >= 0.6 is 11.8 Å². The van der Waals surface area contributed by atoms with Crippen LogP contribution in [0.25, 0.3) is 27.6 Å². The van der Waals surface area contributed by atoms with Crippen LogP contribution in [0, 0.1) is 6.92 Å². The lowest BCUT2D eigenvalue weighted by molar-refractivity contribution is 0.814. The summed E-state index contributed by atoms with van der Waals surface area (Å²) in [6.07, 6.45) is 0. The second-order valence-electron chi connectivity index (χ2n) is 6.43. The Morgan fingerprint density at radius 1 is 1.08 bits per heavy atom. The monoisotopic (exact) mass is 349 g/mol. The first kappa shape index (κ1) is 16.0. The largest absolute Gasteiger partial charge is 0.349 e. The van der Waals surface area contributed by atoms with Crippen molar-refractivity contribution in [3.63, 3.8) is 0 Å². The average molecular weight is 349 g/mol. The van der Waals surface area contributed by atoms with Crippen molar-refractivity contribution in [2.75, 3.05) is 0 Å². The van der Waals surface area contributed by atoms with Gasteiger partial charge in [0.05, 0.1) is 5.69 Å². The second-order valence-corrected chi connectivity index (χ2v) is 7.97. The number of fused-ring (bicyclic) bond motifs is 3. The molecule has 2 aromatic carbocycles. The Labute approximate surface area is 149 Å². The Balaban J connectivity index is 2.08. The molecule has 4 aromatic rings. The Bertz CT molecular complexity index is 1120. The molecule has 0 saturated heterocycles. The second kappa shape index (κ2) is 6.08. The van der Waals surface area contributed by atoms with E-state index in [9.17, 15) is 4.79 Å². The zero-order valence-corrected chi connectivity index (χ0v) is 15.2. The van der Waals surface area contributed by atoms with E-state index in [2.05, 4.69) is 18.8 Å². The lowest BCUT2D eigenvalue weighted by Gasteiger charge is -2.13. The van der Waals surface area contributed by atoms with Gasteiger partial charge in [-0.1, -0.05) is 61.5 Å². The quantitative estimate of drug-likeness (QED) is 0.432. The van der Waals surface area contributed by atoms with Gasteiger partial charge < -0.3 is 4.98 Å². The fraction of sp³-hybridized carbons (Fsp3) is 0.200. The lowest BCUT2D eigenvalue weighted by atomic mass is 10.2. The summed E-state index contributed by atoms with van der Waals surface area (Å²) in [5.41, 5.74) is 4.17. The molecule has 0 atom stereocenters. The first-order chi connectivity index (χ1) is 12.0. The summed E-state index contributed by atoms with van der Waals surface area (Å²) in [6.45, 7) is 6.25. The van der Waals surface area contributed by atoms with Gasteiger partial charge in [-0.15, -0.1) is 0 Å². The summed E-state index contributed by atoms with van der Waals surface area (Å²) < 4.78 is 1.71. The summed E-state index contributed by atoms with van der Waals surface area (Å²) in [6, 6.07) is 15.9. The first-order valence-corrected chi connectivity index (χ1v) is 9.20. The van der Waals surface area contributed by atoms with Gasteiger partial charge in [0.2, 0.25) is 0 Å². The van der Waals surface area contributed by atoms with Crippen LogP contribution in [0.1, 0.15) is 19.4 Å². The zero-order valence-electron chi connectivity index (χ0n) is 14.4. The van der Waals surface area contributed by atoms with E-state index in [1.807, 2.05) is 55.5 Å². The average Bonchev–Trinajstić information content (AvgIpc) is 2.95. The highest BCUT2D eigenvalue weighted by Gasteiger charge is 2.17. The van der Waals surface area contributed by atoms with Crippen molar-refractivity contribution in [1.29, 1.82) is 0 Å². The molecule has 0 unspecified atom stereocenters. The van der Waals surface area contributed by atoms with Crippen LogP contribution in [-0.2, 0) is 0 Å². The number of nitrogens with one attached hydrogen (secondary N) is 1. The minimum atomic E-state index is -0.0618. The van der Waals surface area contributed by atoms with E-state index < -0.39 is 0 Å². The van der Waals surface area contributed by atoms with E-state index >= 15 is 0 Å². The first-order valence-electron chi connectivity index (χ1n) is 8.32. The number of hydrogen-bond donors (Lipinski definition) is 1. The maximum Gasteiger partial charge on any atom is 0.283 e. The van der Waals surface area contributed by atoms with Gasteiger partial charge in [0.25, 0.3) is 5.56 Å². The third-order valence-electron chi connectivity index (χ3n) is 4.13. The number of nitrogens with zero attached hydrogens (tertiary/aromatic N) is 2. The third kappa shape index (κ3) is 2.74. The summed E-state index contributed by atoms with van der Waals surface area (Å²) in [4.78, 5) is 21.4. The van der Waals surface area contributed by atoms with Gasteiger partial charge in [-0.05, 0) is 25.1 Å². The van der Waals surface area contributed by atoms with Gasteiger partial charge >= 0.3 is 0 Å². The molecule has 0 radical (unpaired) electrons. The number of hydrogen-bond acceptors (Lipinski definition) is 3. The number of thioether (sulfide) groups is 1. The highest BCUT2D eigenvalue weighted by atomic mass is 32.2. The van der Waals surface area contributed by atoms with Crippen molar-refractivity contribution in [2.45, 2.75) is 31.2 Å². The maximum atomic E-state index is 13.3. The molecule has 0 aliphatic heterocycles. The molecule has 4 rings (SSSR count). The molecule has 2 aromatic heterocycles. The van der Waals surface area contributed by atoms with Crippen molar-refractivity contribution in [3.05, 3.63) is 64.4 Å².